The predicted octanol–water partition coefficient (Wildman–Crippen LogP) is 2.64. The first kappa shape index (κ1) is 18.1. The molecule has 4 aliphatic carbocycles. The lowest BCUT2D eigenvalue weighted by molar-refractivity contribution is -0.116. The fourth-order valence-electron chi connectivity index (χ4n) is 6.42. The number of amides is 3. The molecule has 3 heterocycles. The van der Waals surface area contributed by atoms with Gasteiger partial charge in [0.15, 0.2) is 0 Å². The number of hydrogen-bond acceptors (Lipinski definition) is 7. The standard InChI is InChI=1S/C21H21N5O3S/c27-15(10-26-17(28)14-2-1-3-22-16(14)18(26)29)23-20-25-24-19(30-20)21-7-11-4-12(8-21)6-13(5-11)9-21/h1-3,11-13H,4-10H2,(H,23,25,27). The Labute approximate surface area is 177 Å². The molecule has 7 rings (SSSR count). The molecule has 3 amide bonds. The van der Waals surface area contributed by atoms with Crippen LogP contribution in [0, 0.1) is 17.8 Å². The molecule has 0 spiro atoms. The molecular formula is C21H21N5O3S. The fraction of sp³-hybridized carbons (Fsp3) is 0.524. The zero-order valence-corrected chi connectivity index (χ0v) is 17.2. The molecule has 0 atom stereocenters. The van der Waals surface area contributed by atoms with Crippen LogP contribution in [0.2, 0.25) is 0 Å². The topological polar surface area (TPSA) is 105 Å². The highest BCUT2D eigenvalue weighted by atomic mass is 32.1. The highest BCUT2D eigenvalue weighted by Gasteiger charge is 2.53. The number of imide groups is 1. The summed E-state index contributed by atoms with van der Waals surface area (Å²) >= 11 is 1.44. The molecule has 4 bridgehead atoms. The van der Waals surface area contributed by atoms with E-state index in [0.717, 1.165) is 27.7 Å². The highest BCUT2D eigenvalue weighted by molar-refractivity contribution is 7.15. The number of nitrogens with zero attached hydrogens (tertiary/aromatic N) is 4. The van der Waals surface area contributed by atoms with Crippen LogP contribution in [0.25, 0.3) is 0 Å². The van der Waals surface area contributed by atoms with Gasteiger partial charge in [-0.3, -0.25) is 29.6 Å². The lowest BCUT2D eigenvalue weighted by Gasteiger charge is -2.55. The summed E-state index contributed by atoms with van der Waals surface area (Å²) in [5.74, 6) is 0.918. The molecule has 1 aliphatic heterocycles. The number of pyridine rings is 1. The molecule has 0 saturated heterocycles. The molecule has 154 valence electrons. The molecule has 0 radical (unpaired) electrons. The molecule has 4 saturated carbocycles. The zero-order valence-electron chi connectivity index (χ0n) is 16.3. The quantitative estimate of drug-likeness (QED) is 0.758. The third kappa shape index (κ3) is 2.71. The molecule has 30 heavy (non-hydrogen) atoms. The summed E-state index contributed by atoms with van der Waals surface area (Å²) in [5, 5.41) is 12.8. The van der Waals surface area contributed by atoms with Gasteiger partial charge in [-0.25, -0.2) is 0 Å². The van der Waals surface area contributed by atoms with Crippen molar-refractivity contribution in [2.45, 2.75) is 43.9 Å². The Morgan fingerprint density at radius 1 is 1.10 bits per heavy atom. The molecule has 5 aliphatic rings. The summed E-state index contributed by atoms with van der Waals surface area (Å²) in [5.41, 5.74) is 0.453. The molecule has 2 aromatic rings. The van der Waals surface area contributed by atoms with Crippen LogP contribution in [0.4, 0.5) is 5.13 Å². The van der Waals surface area contributed by atoms with E-state index in [1.165, 1.54) is 56.1 Å². The van der Waals surface area contributed by atoms with Crippen molar-refractivity contribution in [3.63, 3.8) is 0 Å². The summed E-state index contributed by atoms with van der Waals surface area (Å²) in [6, 6.07) is 3.14. The van der Waals surface area contributed by atoms with Crippen molar-refractivity contribution in [2.24, 2.45) is 17.8 Å². The molecule has 9 heteroatoms. The van der Waals surface area contributed by atoms with Crippen molar-refractivity contribution in [3.8, 4) is 0 Å². The number of carbonyl (C=O) groups is 3. The van der Waals surface area contributed by atoms with Crippen LogP contribution in [0.1, 0.15) is 64.4 Å². The minimum absolute atomic E-state index is 0.0929. The van der Waals surface area contributed by atoms with Gasteiger partial charge in [-0.1, -0.05) is 11.3 Å². The summed E-state index contributed by atoms with van der Waals surface area (Å²) < 4.78 is 0. The Hall–Kier alpha value is -2.68. The van der Waals surface area contributed by atoms with Gasteiger partial charge in [-0.15, -0.1) is 10.2 Å². The van der Waals surface area contributed by atoms with E-state index in [2.05, 4.69) is 20.5 Å². The lowest BCUT2D eigenvalue weighted by Crippen LogP contribution is -2.48. The Morgan fingerprint density at radius 2 is 1.80 bits per heavy atom. The normalized spacial score (nSPS) is 31.3. The summed E-state index contributed by atoms with van der Waals surface area (Å²) in [6.45, 7) is -0.361. The predicted molar refractivity (Wildman–Crippen MR) is 108 cm³/mol. The average Bonchev–Trinajstić information content (AvgIpc) is 3.27. The minimum Gasteiger partial charge on any atom is -0.299 e. The first-order valence-corrected chi connectivity index (χ1v) is 11.3. The third-order valence-corrected chi connectivity index (χ3v) is 8.28. The summed E-state index contributed by atoms with van der Waals surface area (Å²) in [7, 11) is 0. The first-order chi connectivity index (χ1) is 14.5. The smallest absolute Gasteiger partial charge is 0.280 e. The van der Waals surface area contributed by atoms with Crippen molar-refractivity contribution >= 4 is 34.2 Å². The Morgan fingerprint density at radius 3 is 2.47 bits per heavy atom. The Bertz CT molecular complexity index is 1010. The van der Waals surface area contributed by atoms with Gasteiger partial charge in [-0.2, -0.15) is 0 Å². The maximum atomic E-state index is 12.5. The van der Waals surface area contributed by atoms with E-state index in [0.29, 0.717) is 5.13 Å². The molecular weight excluding hydrogens is 402 g/mol. The van der Waals surface area contributed by atoms with E-state index in [1.54, 1.807) is 12.1 Å². The van der Waals surface area contributed by atoms with E-state index >= 15 is 0 Å². The Balaban J connectivity index is 1.16. The average molecular weight is 423 g/mol. The van der Waals surface area contributed by atoms with E-state index < -0.39 is 17.7 Å². The maximum Gasteiger partial charge on any atom is 0.280 e. The number of fused-ring (bicyclic) bond motifs is 1. The number of aromatic nitrogens is 3. The van der Waals surface area contributed by atoms with Crippen LogP contribution in [-0.2, 0) is 10.2 Å². The van der Waals surface area contributed by atoms with Gasteiger partial charge < -0.3 is 0 Å². The van der Waals surface area contributed by atoms with Crippen LogP contribution < -0.4 is 5.32 Å². The number of hydrogen-bond donors (Lipinski definition) is 1. The van der Waals surface area contributed by atoms with Gasteiger partial charge in [0.2, 0.25) is 11.0 Å². The van der Waals surface area contributed by atoms with Crippen molar-refractivity contribution in [1.29, 1.82) is 0 Å². The molecule has 0 aromatic carbocycles. The van der Waals surface area contributed by atoms with Crippen LogP contribution in [0.15, 0.2) is 18.3 Å². The fourth-order valence-corrected chi connectivity index (χ4v) is 7.40. The van der Waals surface area contributed by atoms with Crippen LogP contribution in [0.3, 0.4) is 0 Å². The molecule has 2 aromatic heterocycles. The Kier molecular flexibility index (Phi) is 3.87. The summed E-state index contributed by atoms with van der Waals surface area (Å²) in [4.78, 5) is 42.2. The second-order valence-electron chi connectivity index (χ2n) is 9.25. The van der Waals surface area contributed by atoms with Crippen molar-refractivity contribution < 1.29 is 14.4 Å². The number of rotatable bonds is 4. The first-order valence-electron chi connectivity index (χ1n) is 10.5. The van der Waals surface area contributed by atoms with Gasteiger partial charge in [0.25, 0.3) is 11.8 Å². The molecule has 8 nitrogen and oxygen atoms in total. The number of anilines is 1. The van der Waals surface area contributed by atoms with Crippen LogP contribution >= 0.6 is 11.3 Å². The highest BCUT2D eigenvalue weighted by Crippen LogP contribution is 2.61. The molecule has 1 N–H and O–H groups in total. The van der Waals surface area contributed by atoms with Crippen LogP contribution in [-0.4, -0.2) is 44.3 Å². The summed E-state index contributed by atoms with van der Waals surface area (Å²) in [6.07, 6.45) is 9.09. The van der Waals surface area contributed by atoms with Gasteiger partial charge in [-0.05, 0) is 68.4 Å². The van der Waals surface area contributed by atoms with Gasteiger partial charge >= 0.3 is 0 Å². The van der Waals surface area contributed by atoms with Gasteiger partial charge in [0.1, 0.15) is 17.2 Å². The number of nitrogens with one attached hydrogen (secondary N) is 1. The molecule has 4 fully saturated rings. The third-order valence-electron chi connectivity index (χ3n) is 7.20. The van der Waals surface area contributed by atoms with E-state index in [-0.39, 0.29) is 23.2 Å². The van der Waals surface area contributed by atoms with Gasteiger partial charge in [0.05, 0.1) is 5.56 Å². The van der Waals surface area contributed by atoms with E-state index in [4.69, 9.17) is 0 Å². The monoisotopic (exact) mass is 423 g/mol. The van der Waals surface area contributed by atoms with Crippen molar-refractivity contribution in [3.05, 3.63) is 34.6 Å². The second kappa shape index (κ2) is 6.41. The SMILES string of the molecule is O=C(CN1C(=O)c2cccnc2C1=O)Nc1nnc(C23CC4CC(CC(C4)C2)C3)s1. The number of carbonyl (C=O) groups excluding carboxylic acids is 3. The van der Waals surface area contributed by atoms with Crippen molar-refractivity contribution in [1.82, 2.24) is 20.1 Å². The zero-order chi connectivity index (χ0) is 20.5. The minimum atomic E-state index is -0.544. The maximum absolute atomic E-state index is 12.5. The van der Waals surface area contributed by atoms with Crippen molar-refractivity contribution in [2.75, 3.05) is 11.9 Å². The largest absolute Gasteiger partial charge is 0.299 e. The van der Waals surface area contributed by atoms with E-state index in [1.807, 2.05) is 0 Å². The van der Waals surface area contributed by atoms with Crippen LogP contribution in [0.5, 0.6) is 0 Å². The van der Waals surface area contributed by atoms with E-state index in [9.17, 15) is 14.4 Å². The van der Waals surface area contributed by atoms with Gasteiger partial charge in [0, 0.05) is 11.6 Å². The molecule has 0 unspecified atom stereocenters. The second-order valence-corrected chi connectivity index (χ2v) is 10.2. The lowest BCUT2D eigenvalue weighted by atomic mass is 9.50.